The van der Waals surface area contributed by atoms with E-state index < -0.39 is 0 Å². The van der Waals surface area contributed by atoms with Gasteiger partial charge in [-0.05, 0) is 67.2 Å². The van der Waals surface area contributed by atoms with Gasteiger partial charge in [0, 0.05) is 6.04 Å². The van der Waals surface area contributed by atoms with Crippen molar-refractivity contribution in [1.82, 2.24) is 5.32 Å². The zero-order valence-electron chi connectivity index (χ0n) is 14.4. The number of aryl methyl sites for hydroxylation is 1. The summed E-state index contributed by atoms with van der Waals surface area (Å²) in [5.74, 6) is 1.26. The molecule has 0 spiro atoms. The van der Waals surface area contributed by atoms with Crippen LogP contribution in [0.15, 0.2) is 18.2 Å². The molecule has 0 radical (unpaired) electrons. The highest BCUT2D eigenvalue weighted by molar-refractivity contribution is 5.35. The summed E-state index contributed by atoms with van der Waals surface area (Å²) in [5, 5.41) is 3.60. The molecule has 1 nitrogen and oxygen atoms in total. The fourth-order valence-corrected chi connectivity index (χ4v) is 2.95. The molecule has 0 aromatic heterocycles. The van der Waals surface area contributed by atoms with Crippen LogP contribution in [-0.4, -0.2) is 12.6 Å². The Labute approximate surface area is 131 Å². The smallest absolute Gasteiger partial charge is 0.00682 e. The molecular weight excluding hydrogens is 254 g/mol. The molecule has 2 rings (SSSR count). The molecule has 0 aliphatic heterocycles. The molecule has 0 atom stereocenters. The zero-order chi connectivity index (χ0) is 15.2. The van der Waals surface area contributed by atoms with E-state index in [0.29, 0.717) is 11.8 Å². The predicted octanol–water partition coefficient (Wildman–Crippen LogP) is 5.40. The van der Waals surface area contributed by atoms with E-state index in [1.54, 1.807) is 11.1 Å². The molecular formula is C20H33N. The molecule has 0 amide bonds. The lowest BCUT2D eigenvalue weighted by Gasteiger charge is -2.16. The van der Waals surface area contributed by atoms with E-state index in [-0.39, 0.29) is 0 Å². The maximum absolute atomic E-state index is 3.60. The Kier molecular flexibility index (Phi) is 6.29. The lowest BCUT2D eigenvalue weighted by molar-refractivity contribution is 0.599. The quantitative estimate of drug-likeness (QED) is 0.600. The molecule has 1 heteroatoms. The van der Waals surface area contributed by atoms with Crippen molar-refractivity contribution in [3.05, 3.63) is 34.9 Å². The maximum atomic E-state index is 3.60. The van der Waals surface area contributed by atoms with E-state index >= 15 is 0 Å². The van der Waals surface area contributed by atoms with Crippen LogP contribution < -0.4 is 5.32 Å². The standard InChI is InChI=1S/C20H33N/c1-15(2)18-10-9-17(20(14-18)16(3)4)8-6-5-7-13-21-19-11-12-19/h9-10,14-16,19,21H,5-8,11-13H2,1-4H3. The molecule has 1 fully saturated rings. The summed E-state index contributed by atoms with van der Waals surface area (Å²) in [6.45, 7) is 10.4. The van der Waals surface area contributed by atoms with Crippen LogP contribution in [0, 0.1) is 0 Å². The first-order valence-electron chi connectivity index (χ1n) is 8.94. The van der Waals surface area contributed by atoms with Crippen LogP contribution in [0.3, 0.4) is 0 Å². The Bertz CT molecular complexity index is 429. The summed E-state index contributed by atoms with van der Waals surface area (Å²) in [7, 11) is 0. The average Bonchev–Trinajstić information content (AvgIpc) is 3.26. The normalized spacial score (nSPS) is 15.1. The number of hydrogen-bond donors (Lipinski definition) is 1. The first kappa shape index (κ1) is 16.5. The van der Waals surface area contributed by atoms with E-state index in [2.05, 4.69) is 51.2 Å². The fourth-order valence-electron chi connectivity index (χ4n) is 2.95. The van der Waals surface area contributed by atoms with Gasteiger partial charge in [0.2, 0.25) is 0 Å². The van der Waals surface area contributed by atoms with E-state index in [9.17, 15) is 0 Å². The molecule has 1 aliphatic rings. The van der Waals surface area contributed by atoms with Gasteiger partial charge in [-0.2, -0.15) is 0 Å². The highest BCUT2D eigenvalue weighted by atomic mass is 14.9. The van der Waals surface area contributed by atoms with Crippen LogP contribution in [-0.2, 0) is 6.42 Å². The van der Waals surface area contributed by atoms with Gasteiger partial charge in [0.25, 0.3) is 0 Å². The Hall–Kier alpha value is -0.820. The van der Waals surface area contributed by atoms with Gasteiger partial charge in [0.05, 0.1) is 0 Å². The Balaban J connectivity index is 1.80. The Morgan fingerprint density at radius 1 is 1.00 bits per heavy atom. The summed E-state index contributed by atoms with van der Waals surface area (Å²) < 4.78 is 0. The van der Waals surface area contributed by atoms with Gasteiger partial charge in [0.15, 0.2) is 0 Å². The third kappa shape index (κ3) is 5.47. The third-order valence-electron chi connectivity index (χ3n) is 4.59. The summed E-state index contributed by atoms with van der Waals surface area (Å²) in [4.78, 5) is 0. The number of hydrogen-bond acceptors (Lipinski definition) is 1. The number of nitrogens with one attached hydrogen (secondary N) is 1. The van der Waals surface area contributed by atoms with Crippen molar-refractivity contribution in [1.29, 1.82) is 0 Å². The highest BCUT2D eigenvalue weighted by Crippen LogP contribution is 2.26. The topological polar surface area (TPSA) is 12.0 Å². The van der Waals surface area contributed by atoms with Crippen LogP contribution in [0.25, 0.3) is 0 Å². The summed E-state index contributed by atoms with van der Waals surface area (Å²) in [5.41, 5.74) is 4.62. The molecule has 118 valence electrons. The van der Waals surface area contributed by atoms with Crippen LogP contribution in [0.5, 0.6) is 0 Å². The molecule has 0 bridgehead atoms. The Morgan fingerprint density at radius 3 is 2.38 bits per heavy atom. The van der Waals surface area contributed by atoms with Crippen molar-refractivity contribution in [2.45, 2.75) is 84.1 Å². The minimum atomic E-state index is 0.630. The number of unbranched alkanes of at least 4 members (excludes halogenated alkanes) is 2. The third-order valence-corrected chi connectivity index (χ3v) is 4.59. The number of benzene rings is 1. The van der Waals surface area contributed by atoms with Crippen molar-refractivity contribution < 1.29 is 0 Å². The summed E-state index contributed by atoms with van der Waals surface area (Å²) in [6, 6.07) is 8.02. The van der Waals surface area contributed by atoms with Gasteiger partial charge in [-0.25, -0.2) is 0 Å². The van der Waals surface area contributed by atoms with Crippen LogP contribution in [0.1, 0.15) is 88.3 Å². The van der Waals surface area contributed by atoms with Gasteiger partial charge >= 0.3 is 0 Å². The second-order valence-electron chi connectivity index (χ2n) is 7.31. The van der Waals surface area contributed by atoms with E-state index in [1.165, 1.54) is 50.6 Å². The Morgan fingerprint density at radius 2 is 1.76 bits per heavy atom. The van der Waals surface area contributed by atoms with Crippen LogP contribution in [0.2, 0.25) is 0 Å². The lowest BCUT2D eigenvalue weighted by Crippen LogP contribution is -2.17. The van der Waals surface area contributed by atoms with Crippen LogP contribution >= 0.6 is 0 Å². The SMILES string of the molecule is CC(C)c1ccc(CCCCCNC2CC2)c(C(C)C)c1. The average molecular weight is 287 g/mol. The zero-order valence-corrected chi connectivity index (χ0v) is 14.4. The van der Waals surface area contributed by atoms with Crippen molar-refractivity contribution in [2.24, 2.45) is 0 Å². The van der Waals surface area contributed by atoms with E-state index in [0.717, 1.165) is 6.04 Å². The maximum Gasteiger partial charge on any atom is 0.00682 e. The van der Waals surface area contributed by atoms with E-state index in [4.69, 9.17) is 0 Å². The number of rotatable bonds is 9. The van der Waals surface area contributed by atoms with Crippen LogP contribution in [0.4, 0.5) is 0 Å². The molecule has 0 heterocycles. The molecule has 1 aromatic carbocycles. The molecule has 21 heavy (non-hydrogen) atoms. The van der Waals surface area contributed by atoms with Crippen molar-refractivity contribution in [3.63, 3.8) is 0 Å². The van der Waals surface area contributed by atoms with E-state index in [1.807, 2.05) is 0 Å². The van der Waals surface area contributed by atoms with Gasteiger partial charge in [0.1, 0.15) is 0 Å². The largest absolute Gasteiger partial charge is 0.314 e. The fraction of sp³-hybridized carbons (Fsp3) is 0.700. The minimum absolute atomic E-state index is 0.630. The van der Waals surface area contributed by atoms with Gasteiger partial charge in [-0.15, -0.1) is 0 Å². The van der Waals surface area contributed by atoms with Gasteiger partial charge < -0.3 is 5.32 Å². The summed E-state index contributed by atoms with van der Waals surface area (Å²) in [6.07, 6.45) is 8.06. The molecule has 1 saturated carbocycles. The first-order chi connectivity index (χ1) is 10.1. The van der Waals surface area contributed by atoms with Crippen molar-refractivity contribution in [2.75, 3.05) is 6.54 Å². The van der Waals surface area contributed by atoms with Gasteiger partial charge in [-0.3, -0.25) is 0 Å². The summed E-state index contributed by atoms with van der Waals surface area (Å²) >= 11 is 0. The predicted molar refractivity (Wildman–Crippen MR) is 93.2 cm³/mol. The monoisotopic (exact) mass is 287 g/mol. The molecule has 0 unspecified atom stereocenters. The van der Waals surface area contributed by atoms with Gasteiger partial charge in [-0.1, -0.05) is 52.3 Å². The molecule has 1 aliphatic carbocycles. The second-order valence-corrected chi connectivity index (χ2v) is 7.31. The van der Waals surface area contributed by atoms with Crippen molar-refractivity contribution in [3.8, 4) is 0 Å². The second kappa shape index (κ2) is 7.98. The molecule has 0 saturated heterocycles. The lowest BCUT2D eigenvalue weighted by atomic mass is 9.89. The first-order valence-corrected chi connectivity index (χ1v) is 8.94. The molecule has 1 aromatic rings. The van der Waals surface area contributed by atoms with Crippen molar-refractivity contribution >= 4 is 0 Å². The minimum Gasteiger partial charge on any atom is -0.314 e. The molecule has 1 N–H and O–H groups in total. The highest BCUT2D eigenvalue weighted by Gasteiger charge is 2.19.